The lowest BCUT2D eigenvalue weighted by Crippen LogP contribution is -2.52. The fraction of sp³-hybridized carbons (Fsp3) is 1.00. The zero-order valence-corrected chi connectivity index (χ0v) is 13.0. The second-order valence-corrected chi connectivity index (χ2v) is 7.06. The molecule has 0 aromatic rings. The molecule has 1 saturated carbocycles. The molecule has 1 heterocycles. The summed E-state index contributed by atoms with van der Waals surface area (Å²) in [6, 6.07) is 0.693. The average molecular weight is 268 g/mol. The molecule has 3 nitrogen and oxygen atoms in total. The predicted octanol–water partition coefficient (Wildman–Crippen LogP) is 2.50. The summed E-state index contributed by atoms with van der Waals surface area (Å²) in [6.45, 7) is 12.1. The molecule has 0 radical (unpaired) electrons. The van der Waals surface area contributed by atoms with Crippen molar-refractivity contribution < 1.29 is 4.74 Å². The Morgan fingerprint density at radius 3 is 2.47 bits per heavy atom. The van der Waals surface area contributed by atoms with Gasteiger partial charge in [0.05, 0.1) is 13.2 Å². The minimum Gasteiger partial charge on any atom is -0.379 e. The Labute approximate surface area is 118 Å². The van der Waals surface area contributed by atoms with Crippen molar-refractivity contribution in [2.24, 2.45) is 23.0 Å². The molecule has 1 saturated heterocycles. The van der Waals surface area contributed by atoms with E-state index >= 15 is 0 Å². The van der Waals surface area contributed by atoms with Crippen LogP contribution in [-0.4, -0.2) is 43.8 Å². The summed E-state index contributed by atoms with van der Waals surface area (Å²) in [5.74, 6) is 1.55. The van der Waals surface area contributed by atoms with E-state index in [9.17, 15) is 0 Å². The maximum absolute atomic E-state index is 6.03. The fourth-order valence-corrected chi connectivity index (χ4v) is 3.84. The minimum atomic E-state index is 0.476. The quantitative estimate of drug-likeness (QED) is 0.851. The maximum atomic E-state index is 6.03. The van der Waals surface area contributed by atoms with Crippen LogP contribution in [0.25, 0.3) is 0 Å². The number of nitrogens with two attached hydrogens (primary N) is 1. The Kier molecular flexibility index (Phi) is 5.27. The molecule has 2 fully saturated rings. The van der Waals surface area contributed by atoms with Gasteiger partial charge in [-0.25, -0.2) is 0 Å². The fourth-order valence-electron chi connectivity index (χ4n) is 3.84. The molecule has 2 N–H and O–H groups in total. The third-order valence-electron chi connectivity index (χ3n) is 5.79. The number of morpholine rings is 1. The summed E-state index contributed by atoms with van der Waals surface area (Å²) in [6.07, 6.45) is 5.29. The zero-order valence-electron chi connectivity index (χ0n) is 13.0. The molecular formula is C16H32N2O. The lowest BCUT2D eigenvalue weighted by atomic mass is 9.65. The molecule has 3 unspecified atom stereocenters. The van der Waals surface area contributed by atoms with E-state index in [4.69, 9.17) is 10.5 Å². The highest BCUT2D eigenvalue weighted by Crippen LogP contribution is 2.43. The van der Waals surface area contributed by atoms with E-state index in [0.717, 1.165) is 38.8 Å². The summed E-state index contributed by atoms with van der Waals surface area (Å²) in [5, 5.41) is 0. The van der Waals surface area contributed by atoms with E-state index in [1.807, 2.05) is 0 Å². The van der Waals surface area contributed by atoms with Crippen LogP contribution in [0.2, 0.25) is 0 Å². The molecule has 0 aromatic carbocycles. The molecule has 0 amide bonds. The van der Waals surface area contributed by atoms with E-state index in [0.29, 0.717) is 17.4 Å². The van der Waals surface area contributed by atoms with Crippen LogP contribution in [0.15, 0.2) is 0 Å². The van der Waals surface area contributed by atoms with Crippen LogP contribution < -0.4 is 5.73 Å². The van der Waals surface area contributed by atoms with Gasteiger partial charge in [-0.2, -0.15) is 0 Å². The molecule has 3 atom stereocenters. The maximum Gasteiger partial charge on any atom is 0.0594 e. The zero-order chi connectivity index (χ0) is 13.9. The Morgan fingerprint density at radius 1 is 1.21 bits per heavy atom. The molecule has 0 spiro atoms. The van der Waals surface area contributed by atoms with Gasteiger partial charge in [0.15, 0.2) is 0 Å². The second-order valence-electron chi connectivity index (χ2n) is 7.06. The van der Waals surface area contributed by atoms with Crippen molar-refractivity contribution in [1.82, 2.24) is 4.90 Å². The molecule has 2 rings (SSSR count). The van der Waals surface area contributed by atoms with Gasteiger partial charge in [-0.3, -0.25) is 4.90 Å². The highest BCUT2D eigenvalue weighted by Gasteiger charge is 2.39. The molecule has 0 bridgehead atoms. The number of hydrogen-bond donors (Lipinski definition) is 1. The Balaban J connectivity index is 2.04. The topological polar surface area (TPSA) is 38.5 Å². The van der Waals surface area contributed by atoms with Gasteiger partial charge < -0.3 is 10.5 Å². The predicted molar refractivity (Wildman–Crippen MR) is 80.1 cm³/mol. The molecule has 1 aliphatic carbocycles. The van der Waals surface area contributed by atoms with Crippen molar-refractivity contribution in [3.8, 4) is 0 Å². The second kappa shape index (κ2) is 6.55. The summed E-state index contributed by atoms with van der Waals surface area (Å²) in [7, 11) is 0. The molecule has 1 aliphatic heterocycles. The van der Waals surface area contributed by atoms with Gasteiger partial charge in [0.2, 0.25) is 0 Å². The standard InChI is InChI=1S/C16H32N2O/c1-4-16(2,3)14-6-5-13(12-17)15(11-14)18-7-9-19-10-8-18/h13-15H,4-12,17H2,1-3H3. The van der Waals surface area contributed by atoms with Crippen LogP contribution in [-0.2, 0) is 4.74 Å². The summed E-state index contributed by atoms with van der Waals surface area (Å²) in [4.78, 5) is 2.65. The van der Waals surface area contributed by atoms with E-state index in [1.54, 1.807) is 0 Å². The first-order valence-corrected chi connectivity index (χ1v) is 8.10. The van der Waals surface area contributed by atoms with E-state index in [-0.39, 0.29) is 0 Å². The molecule has 0 aromatic heterocycles. The Hall–Kier alpha value is -0.120. The van der Waals surface area contributed by atoms with Crippen molar-refractivity contribution >= 4 is 0 Å². The molecule has 2 aliphatic rings. The van der Waals surface area contributed by atoms with Crippen LogP contribution >= 0.6 is 0 Å². The van der Waals surface area contributed by atoms with E-state index in [1.165, 1.54) is 25.7 Å². The third-order valence-corrected chi connectivity index (χ3v) is 5.79. The largest absolute Gasteiger partial charge is 0.379 e. The van der Waals surface area contributed by atoms with E-state index < -0.39 is 0 Å². The molecular weight excluding hydrogens is 236 g/mol. The van der Waals surface area contributed by atoms with Crippen molar-refractivity contribution in [2.45, 2.75) is 52.5 Å². The monoisotopic (exact) mass is 268 g/mol. The summed E-state index contributed by atoms with van der Waals surface area (Å²) >= 11 is 0. The number of ether oxygens (including phenoxy) is 1. The number of rotatable bonds is 4. The molecule has 3 heteroatoms. The van der Waals surface area contributed by atoms with Crippen molar-refractivity contribution in [1.29, 1.82) is 0 Å². The van der Waals surface area contributed by atoms with Gasteiger partial charge in [0.25, 0.3) is 0 Å². The first-order valence-electron chi connectivity index (χ1n) is 8.10. The summed E-state index contributed by atoms with van der Waals surface area (Å²) < 4.78 is 5.50. The van der Waals surface area contributed by atoms with Gasteiger partial charge in [-0.05, 0) is 43.1 Å². The lowest BCUT2D eigenvalue weighted by molar-refractivity contribution is -0.0259. The normalized spacial score (nSPS) is 34.4. The third kappa shape index (κ3) is 3.50. The smallest absolute Gasteiger partial charge is 0.0594 e. The van der Waals surface area contributed by atoms with Crippen LogP contribution in [0.3, 0.4) is 0 Å². The van der Waals surface area contributed by atoms with Gasteiger partial charge in [0.1, 0.15) is 0 Å². The Bertz CT molecular complexity index is 274. The number of nitrogens with zero attached hydrogens (tertiary/aromatic N) is 1. The first kappa shape index (κ1) is 15.3. The average Bonchev–Trinajstić information content (AvgIpc) is 2.47. The van der Waals surface area contributed by atoms with Crippen molar-refractivity contribution in [3.63, 3.8) is 0 Å². The highest BCUT2D eigenvalue weighted by molar-refractivity contribution is 4.92. The Morgan fingerprint density at radius 2 is 1.89 bits per heavy atom. The summed E-state index contributed by atoms with van der Waals surface area (Å²) in [5.41, 5.74) is 6.51. The van der Waals surface area contributed by atoms with Gasteiger partial charge in [-0.15, -0.1) is 0 Å². The highest BCUT2D eigenvalue weighted by atomic mass is 16.5. The number of hydrogen-bond acceptors (Lipinski definition) is 3. The first-order chi connectivity index (χ1) is 9.08. The van der Waals surface area contributed by atoms with Crippen LogP contribution in [0.5, 0.6) is 0 Å². The van der Waals surface area contributed by atoms with E-state index in [2.05, 4.69) is 25.7 Å². The lowest BCUT2D eigenvalue weighted by Gasteiger charge is -2.47. The van der Waals surface area contributed by atoms with Crippen LogP contribution in [0, 0.1) is 17.3 Å². The van der Waals surface area contributed by atoms with Gasteiger partial charge in [0, 0.05) is 19.1 Å². The molecule has 19 heavy (non-hydrogen) atoms. The van der Waals surface area contributed by atoms with Crippen molar-refractivity contribution in [2.75, 3.05) is 32.8 Å². The van der Waals surface area contributed by atoms with Crippen molar-refractivity contribution in [3.05, 3.63) is 0 Å². The van der Waals surface area contributed by atoms with Gasteiger partial charge in [-0.1, -0.05) is 27.2 Å². The van der Waals surface area contributed by atoms with Gasteiger partial charge >= 0.3 is 0 Å². The SMILES string of the molecule is CCC(C)(C)C1CCC(CN)C(N2CCOCC2)C1. The van der Waals surface area contributed by atoms with Crippen LogP contribution in [0.4, 0.5) is 0 Å². The molecule has 112 valence electrons. The minimum absolute atomic E-state index is 0.476. The van der Waals surface area contributed by atoms with Crippen LogP contribution in [0.1, 0.15) is 46.5 Å².